The summed E-state index contributed by atoms with van der Waals surface area (Å²) < 4.78 is 25.8. The van der Waals surface area contributed by atoms with Crippen molar-refractivity contribution in [2.75, 3.05) is 5.32 Å². The zero-order valence-electron chi connectivity index (χ0n) is 8.28. The smallest absolute Gasteiger partial charge is 0.224 e. The van der Waals surface area contributed by atoms with Gasteiger partial charge in [0.15, 0.2) is 11.6 Å². The standard InChI is InChI=1S/C10H6ClF2N3O/c11-10-14-4-8(17)9(16-10)15-7-2-5(12)1-6(13)3-7/h1-4,17H,(H,14,15,16). The Morgan fingerprint density at radius 3 is 2.47 bits per heavy atom. The van der Waals surface area contributed by atoms with E-state index in [1.54, 1.807) is 0 Å². The van der Waals surface area contributed by atoms with Gasteiger partial charge in [-0.1, -0.05) is 0 Å². The molecule has 0 aliphatic carbocycles. The zero-order valence-corrected chi connectivity index (χ0v) is 9.04. The molecule has 0 amide bonds. The van der Waals surface area contributed by atoms with E-state index in [0.29, 0.717) is 0 Å². The molecule has 1 heterocycles. The molecule has 2 rings (SSSR count). The van der Waals surface area contributed by atoms with Crippen LogP contribution in [0.25, 0.3) is 0 Å². The summed E-state index contributed by atoms with van der Waals surface area (Å²) in [5.74, 6) is -1.80. The first-order valence-corrected chi connectivity index (χ1v) is 4.87. The highest BCUT2D eigenvalue weighted by molar-refractivity contribution is 6.28. The van der Waals surface area contributed by atoms with E-state index >= 15 is 0 Å². The molecule has 0 aliphatic heterocycles. The fourth-order valence-electron chi connectivity index (χ4n) is 1.21. The van der Waals surface area contributed by atoms with Crippen molar-refractivity contribution in [2.24, 2.45) is 0 Å². The fourth-order valence-corrected chi connectivity index (χ4v) is 1.34. The Kier molecular flexibility index (Phi) is 3.06. The van der Waals surface area contributed by atoms with E-state index in [9.17, 15) is 13.9 Å². The number of anilines is 2. The van der Waals surface area contributed by atoms with Crippen LogP contribution in [0.3, 0.4) is 0 Å². The molecule has 17 heavy (non-hydrogen) atoms. The number of hydrogen-bond acceptors (Lipinski definition) is 4. The van der Waals surface area contributed by atoms with Crippen LogP contribution in [0.5, 0.6) is 5.75 Å². The number of benzene rings is 1. The quantitative estimate of drug-likeness (QED) is 0.812. The van der Waals surface area contributed by atoms with Crippen molar-refractivity contribution >= 4 is 23.1 Å². The van der Waals surface area contributed by atoms with Gasteiger partial charge in [-0.2, -0.15) is 4.98 Å². The lowest BCUT2D eigenvalue weighted by Gasteiger charge is -2.07. The number of nitrogens with zero attached hydrogens (tertiary/aromatic N) is 2. The van der Waals surface area contributed by atoms with Gasteiger partial charge in [-0.15, -0.1) is 0 Å². The molecule has 1 aromatic carbocycles. The molecule has 1 aromatic heterocycles. The van der Waals surface area contributed by atoms with Crippen molar-refractivity contribution in [3.63, 3.8) is 0 Å². The number of nitrogens with one attached hydrogen (secondary N) is 1. The lowest BCUT2D eigenvalue weighted by Crippen LogP contribution is -1.97. The predicted octanol–water partition coefficient (Wildman–Crippen LogP) is 2.86. The SMILES string of the molecule is Oc1cnc(Cl)nc1Nc1cc(F)cc(F)c1. The van der Waals surface area contributed by atoms with Crippen LogP contribution in [0.1, 0.15) is 0 Å². The molecular formula is C10H6ClF2N3O. The molecule has 0 radical (unpaired) electrons. The Bertz CT molecular complexity index is 545. The average molecular weight is 258 g/mol. The highest BCUT2D eigenvalue weighted by atomic mass is 35.5. The molecular weight excluding hydrogens is 252 g/mol. The summed E-state index contributed by atoms with van der Waals surface area (Å²) in [7, 11) is 0. The first kappa shape index (κ1) is 11.5. The van der Waals surface area contributed by atoms with Crippen LogP contribution < -0.4 is 5.32 Å². The highest BCUT2D eigenvalue weighted by Crippen LogP contribution is 2.25. The second-order valence-corrected chi connectivity index (χ2v) is 3.49. The normalized spacial score (nSPS) is 10.3. The van der Waals surface area contributed by atoms with Gasteiger partial charge in [-0.25, -0.2) is 13.8 Å². The van der Waals surface area contributed by atoms with E-state index in [0.717, 1.165) is 24.4 Å². The third kappa shape index (κ3) is 2.79. The first-order valence-electron chi connectivity index (χ1n) is 4.49. The van der Waals surface area contributed by atoms with Gasteiger partial charge in [0.25, 0.3) is 0 Å². The summed E-state index contributed by atoms with van der Waals surface area (Å²) in [6.45, 7) is 0. The number of hydrogen-bond donors (Lipinski definition) is 2. The van der Waals surface area contributed by atoms with Crippen LogP contribution in [0.15, 0.2) is 24.4 Å². The third-order valence-electron chi connectivity index (χ3n) is 1.87. The van der Waals surface area contributed by atoms with Gasteiger partial charge < -0.3 is 10.4 Å². The molecule has 0 fully saturated rings. The van der Waals surface area contributed by atoms with E-state index < -0.39 is 11.6 Å². The van der Waals surface area contributed by atoms with Crippen molar-refractivity contribution in [3.8, 4) is 5.75 Å². The van der Waals surface area contributed by atoms with Crippen molar-refractivity contribution in [1.82, 2.24) is 9.97 Å². The molecule has 0 saturated carbocycles. The number of aromatic nitrogens is 2. The van der Waals surface area contributed by atoms with Crippen molar-refractivity contribution < 1.29 is 13.9 Å². The molecule has 7 heteroatoms. The van der Waals surface area contributed by atoms with E-state index in [1.807, 2.05) is 0 Å². The highest BCUT2D eigenvalue weighted by Gasteiger charge is 2.07. The monoisotopic (exact) mass is 257 g/mol. The second-order valence-electron chi connectivity index (χ2n) is 3.16. The maximum Gasteiger partial charge on any atom is 0.224 e. The molecule has 0 atom stereocenters. The molecule has 4 nitrogen and oxygen atoms in total. The van der Waals surface area contributed by atoms with Crippen LogP contribution in [-0.2, 0) is 0 Å². The Morgan fingerprint density at radius 1 is 1.18 bits per heavy atom. The molecule has 2 aromatic rings. The van der Waals surface area contributed by atoms with Gasteiger partial charge >= 0.3 is 0 Å². The average Bonchev–Trinajstić information content (AvgIpc) is 2.22. The number of aromatic hydroxyl groups is 1. The zero-order chi connectivity index (χ0) is 12.4. The summed E-state index contributed by atoms with van der Waals surface area (Å²) in [6, 6.07) is 2.84. The second kappa shape index (κ2) is 4.50. The van der Waals surface area contributed by atoms with Crippen molar-refractivity contribution in [3.05, 3.63) is 41.3 Å². The minimum absolute atomic E-state index is 0.0324. The Labute approximate surface area is 99.9 Å². The molecule has 2 N–H and O–H groups in total. The largest absolute Gasteiger partial charge is 0.503 e. The van der Waals surface area contributed by atoms with Gasteiger partial charge in [-0.05, 0) is 23.7 Å². The van der Waals surface area contributed by atoms with Gasteiger partial charge in [-0.3, -0.25) is 0 Å². The van der Waals surface area contributed by atoms with Crippen LogP contribution in [0.4, 0.5) is 20.3 Å². The van der Waals surface area contributed by atoms with E-state index in [4.69, 9.17) is 11.6 Å². The Hall–Kier alpha value is -1.95. The predicted molar refractivity (Wildman–Crippen MR) is 58.3 cm³/mol. The van der Waals surface area contributed by atoms with Crippen LogP contribution >= 0.6 is 11.6 Å². The first-order chi connectivity index (χ1) is 8.04. The number of halogens is 3. The Morgan fingerprint density at radius 2 is 1.82 bits per heavy atom. The maximum absolute atomic E-state index is 12.9. The summed E-state index contributed by atoms with van der Waals surface area (Å²) in [5, 5.41) is 11.8. The van der Waals surface area contributed by atoms with Crippen molar-refractivity contribution in [2.45, 2.75) is 0 Å². The fraction of sp³-hybridized carbons (Fsp3) is 0. The number of rotatable bonds is 2. The Balaban J connectivity index is 2.34. The van der Waals surface area contributed by atoms with Crippen LogP contribution in [0.2, 0.25) is 5.28 Å². The van der Waals surface area contributed by atoms with Crippen LogP contribution in [-0.4, -0.2) is 15.1 Å². The van der Waals surface area contributed by atoms with Crippen molar-refractivity contribution in [1.29, 1.82) is 0 Å². The third-order valence-corrected chi connectivity index (χ3v) is 2.05. The molecule has 0 saturated heterocycles. The van der Waals surface area contributed by atoms with Gasteiger partial charge in [0.2, 0.25) is 5.28 Å². The van der Waals surface area contributed by atoms with Gasteiger partial charge in [0.05, 0.1) is 6.20 Å². The van der Waals surface area contributed by atoms with Gasteiger partial charge in [0, 0.05) is 11.8 Å². The van der Waals surface area contributed by atoms with E-state index in [2.05, 4.69) is 15.3 Å². The van der Waals surface area contributed by atoms with Gasteiger partial charge in [0.1, 0.15) is 11.6 Å². The molecule has 0 spiro atoms. The molecule has 0 aliphatic rings. The summed E-state index contributed by atoms with van der Waals surface area (Å²) in [6.07, 6.45) is 1.08. The minimum Gasteiger partial charge on any atom is -0.503 e. The maximum atomic E-state index is 12.9. The molecule has 88 valence electrons. The van der Waals surface area contributed by atoms with Crippen LogP contribution in [0, 0.1) is 11.6 Å². The lowest BCUT2D eigenvalue weighted by molar-refractivity contribution is 0.472. The van der Waals surface area contributed by atoms with E-state index in [1.165, 1.54) is 0 Å². The minimum atomic E-state index is -0.743. The lowest BCUT2D eigenvalue weighted by atomic mass is 10.3. The molecule has 0 bridgehead atoms. The summed E-state index contributed by atoms with van der Waals surface area (Å²) in [5.41, 5.74) is 0.104. The summed E-state index contributed by atoms with van der Waals surface area (Å²) >= 11 is 5.52. The van der Waals surface area contributed by atoms with E-state index in [-0.39, 0.29) is 22.5 Å². The topological polar surface area (TPSA) is 58.0 Å². The summed E-state index contributed by atoms with van der Waals surface area (Å²) in [4.78, 5) is 7.21. The molecule has 0 unspecified atom stereocenters.